The lowest BCUT2D eigenvalue weighted by Crippen LogP contribution is -2.36. The minimum atomic E-state index is -0.661. The second-order valence-corrected chi connectivity index (χ2v) is 8.73. The Labute approximate surface area is 194 Å². The van der Waals surface area contributed by atoms with Gasteiger partial charge >= 0.3 is 0 Å². The van der Waals surface area contributed by atoms with Crippen LogP contribution in [0.25, 0.3) is 0 Å². The van der Waals surface area contributed by atoms with E-state index in [2.05, 4.69) is 20.9 Å². The number of likely N-dealkylation sites (tertiary alicyclic amines) is 1. The Balaban J connectivity index is 1.47. The zero-order chi connectivity index (χ0) is 22.7. The van der Waals surface area contributed by atoms with Gasteiger partial charge in [-0.3, -0.25) is 4.79 Å². The molecule has 1 unspecified atom stereocenters. The van der Waals surface area contributed by atoms with Crippen LogP contribution in [0.15, 0.2) is 58.1 Å². The predicted molar refractivity (Wildman–Crippen MR) is 124 cm³/mol. The van der Waals surface area contributed by atoms with Gasteiger partial charge in [-0.25, -0.2) is 13.8 Å². The molecule has 2 aromatic rings. The van der Waals surface area contributed by atoms with Crippen LogP contribution in [-0.4, -0.2) is 36.0 Å². The number of halogens is 3. The number of benzene rings is 2. The van der Waals surface area contributed by atoms with Crippen LogP contribution >= 0.6 is 15.9 Å². The van der Waals surface area contributed by atoms with Crippen LogP contribution in [0, 0.1) is 11.6 Å². The number of hydrogen-bond acceptors (Lipinski definition) is 4. The molecule has 0 spiro atoms. The number of carbonyl (C=O) groups excluding carboxylic acids is 1. The van der Waals surface area contributed by atoms with Crippen molar-refractivity contribution in [1.29, 1.82) is 0 Å². The highest BCUT2D eigenvalue weighted by molar-refractivity contribution is 9.12. The molecule has 0 radical (unpaired) electrons. The van der Waals surface area contributed by atoms with Crippen molar-refractivity contribution in [2.75, 3.05) is 18.0 Å². The van der Waals surface area contributed by atoms with E-state index in [0.29, 0.717) is 15.9 Å². The smallest absolute Gasteiger partial charge is 0.253 e. The summed E-state index contributed by atoms with van der Waals surface area (Å²) in [5.74, 6) is -0.912. The maximum Gasteiger partial charge on any atom is 0.253 e. The summed E-state index contributed by atoms with van der Waals surface area (Å²) in [7, 11) is 0. The van der Waals surface area contributed by atoms with E-state index in [1.165, 1.54) is 18.6 Å². The van der Waals surface area contributed by atoms with E-state index in [1.54, 1.807) is 0 Å². The normalized spacial score (nSPS) is 18.8. The van der Waals surface area contributed by atoms with Gasteiger partial charge in [0.2, 0.25) is 5.90 Å². The standard InChI is InChI=1S/C24H24BrF2N3O2/c1-16-28-23(32-15-18-8-9-19(26)13-22(18)27)21(25)14-30(16)20-7-5-6-17(12-20)24(31)29-10-3-2-4-11-29/h5-9,12-14,16H,2-4,10-11,15H2,1H3. The van der Waals surface area contributed by atoms with Crippen molar-refractivity contribution in [1.82, 2.24) is 4.90 Å². The SMILES string of the molecule is CC1N=C(OCc2ccc(F)cc2F)C(Br)=CN1c1cccc(C(=O)N2CCCCC2)c1. The fourth-order valence-electron chi connectivity index (χ4n) is 3.84. The van der Waals surface area contributed by atoms with Crippen molar-refractivity contribution in [3.63, 3.8) is 0 Å². The Hall–Kier alpha value is -2.74. The number of amides is 1. The van der Waals surface area contributed by atoms with Gasteiger partial charge in [0.25, 0.3) is 5.91 Å². The Morgan fingerprint density at radius 2 is 1.94 bits per heavy atom. The number of carbonyl (C=O) groups is 1. The molecule has 2 aromatic carbocycles. The lowest BCUT2D eigenvalue weighted by Gasteiger charge is -2.31. The van der Waals surface area contributed by atoms with Gasteiger partial charge in [-0.1, -0.05) is 6.07 Å². The number of ether oxygens (including phenoxy) is 1. The van der Waals surface area contributed by atoms with Crippen molar-refractivity contribution in [3.05, 3.63) is 75.9 Å². The Kier molecular flexibility index (Phi) is 6.89. The molecular formula is C24H24BrF2N3O2. The first-order valence-corrected chi connectivity index (χ1v) is 11.4. The summed E-state index contributed by atoms with van der Waals surface area (Å²) in [6, 6.07) is 10.9. The average molecular weight is 504 g/mol. The van der Waals surface area contributed by atoms with Gasteiger partial charge in [0.1, 0.15) is 24.4 Å². The summed E-state index contributed by atoms with van der Waals surface area (Å²) in [5, 5.41) is 0. The largest absolute Gasteiger partial charge is 0.472 e. The maximum absolute atomic E-state index is 13.9. The lowest BCUT2D eigenvalue weighted by molar-refractivity contribution is 0.0724. The summed E-state index contributed by atoms with van der Waals surface area (Å²) in [5.41, 5.74) is 1.73. The van der Waals surface area contributed by atoms with Crippen LogP contribution < -0.4 is 4.90 Å². The number of piperidine rings is 1. The summed E-state index contributed by atoms with van der Waals surface area (Å²) >= 11 is 3.47. The zero-order valence-corrected chi connectivity index (χ0v) is 19.3. The van der Waals surface area contributed by atoms with Crippen LogP contribution in [0.5, 0.6) is 0 Å². The van der Waals surface area contributed by atoms with E-state index >= 15 is 0 Å². The second-order valence-electron chi connectivity index (χ2n) is 7.88. The topological polar surface area (TPSA) is 45.1 Å². The van der Waals surface area contributed by atoms with Gasteiger partial charge in [-0.15, -0.1) is 0 Å². The van der Waals surface area contributed by atoms with Gasteiger partial charge in [0.15, 0.2) is 0 Å². The minimum absolute atomic E-state index is 0.0492. The first-order valence-electron chi connectivity index (χ1n) is 10.6. The quantitative estimate of drug-likeness (QED) is 0.544. The monoisotopic (exact) mass is 503 g/mol. The summed E-state index contributed by atoms with van der Waals surface area (Å²) < 4.78 is 33.2. The zero-order valence-electron chi connectivity index (χ0n) is 17.7. The third-order valence-corrected chi connectivity index (χ3v) is 6.12. The van der Waals surface area contributed by atoms with Crippen LogP contribution in [0.3, 0.4) is 0 Å². The van der Waals surface area contributed by atoms with E-state index in [0.717, 1.165) is 37.7 Å². The van der Waals surface area contributed by atoms with Crippen LogP contribution in [0.1, 0.15) is 42.1 Å². The van der Waals surface area contributed by atoms with Crippen molar-refractivity contribution in [2.45, 2.75) is 39.0 Å². The van der Waals surface area contributed by atoms with Gasteiger partial charge in [0.05, 0.1) is 4.48 Å². The predicted octanol–water partition coefficient (Wildman–Crippen LogP) is 5.61. The molecule has 0 N–H and O–H groups in total. The molecule has 8 heteroatoms. The summed E-state index contributed by atoms with van der Waals surface area (Å²) in [6.45, 7) is 3.43. The number of nitrogens with zero attached hydrogens (tertiary/aromatic N) is 3. The third-order valence-electron chi connectivity index (χ3n) is 5.58. The number of anilines is 1. The minimum Gasteiger partial charge on any atom is -0.472 e. The fraction of sp³-hybridized carbons (Fsp3) is 0.333. The second kappa shape index (κ2) is 9.81. The molecule has 0 bridgehead atoms. The van der Waals surface area contributed by atoms with Gasteiger partial charge in [-0.2, -0.15) is 0 Å². The molecule has 1 atom stereocenters. The summed E-state index contributed by atoms with van der Waals surface area (Å²) in [4.78, 5) is 21.3. The molecule has 168 valence electrons. The number of aliphatic imine (C=N–C) groups is 1. The third kappa shape index (κ3) is 5.01. The van der Waals surface area contributed by atoms with Crippen LogP contribution in [0.2, 0.25) is 0 Å². The molecule has 0 aliphatic carbocycles. The molecule has 32 heavy (non-hydrogen) atoms. The Morgan fingerprint density at radius 3 is 2.69 bits per heavy atom. The Bertz CT molecular complexity index is 1070. The van der Waals surface area contributed by atoms with Gasteiger partial charge in [-0.05, 0) is 72.4 Å². The molecule has 2 aliphatic heterocycles. The van der Waals surface area contributed by atoms with Gasteiger partial charge in [0, 0.05) is 42.2 Å². The van der Waals surface area contributed by atoms with Gasteiger partial charge < -0.3 is 14.5 Å². The van der Waals surface area contributed by atoms with Crippen molar-refractivity contribution >= 4 is 33.4 Å². The highest BCUT2D eigenvalue weighted by Gasteiger charge is 2.24. The number of rotatable bonds is 4. The van der Waals surface area contributed by atoms with Crippen LogP contribution in [0.4, 0.5) is 14.5 Å². The number of hydrogen-bond donors (Lipinski definition) is 0. The highest BCUT2D eigenvalue weighted by atomic mass is 79.9. The lowest BCUT2D eigenvalue weighted by atomic mass is 10.1. The first kappa shape index (κ1) is 22.5. The molecule has 1 amide bonds. The van der Waals surface area contributed by atoms with E-state index in [1.807, 2.05) is 47.2 Å². The van der Waals surface area contributed by atoms with E-state index < -0.39 is 11.6 Å². The molecular weight excluding hydrogens is 480 g/mol. The first-order chi connectivity index (χ1) is 15.4. The summed E-state index contributed by atoms with van der Waals surface area (Å²) in [6.07, 6.45) is 4.79. The molecule has 0 saturated carbocycles. The molecule has 2 aliphatic rings. The van der Waals surface area contributed by atoms with Crippen molar-refractivity contribution in [3.8, 4) is 0 Å². The van der Waals surface area contributed by atoms with Crippen molar-refractivity contribution in [2.24, 2.45) is 4.99 Å². The Morgan fingerprint density at radius 1 is 1.16 bits per heavy atom. The highest BCUT2D eigenvalue weighted by Crippen LogP contribution is 2.28. The van der Waals surface area contributed by atoms with Crippen molar-refractivity contribution < 1.29 is 18.3 Å². The van der Waals surface area contributed by atoms with E-state index in [9.17, 15) is 13.6 Å². The molecule has 1 fully saturated rings. The van der Waals surface area contributed by atoms with E-state index in [4.69, 9.17) is 4.74 Å². The molecule has 1 saturated heterocycles. The molecule has 5 nitrogen and oxygen atoms in total. The molecule has 4 rings (SSSR count). The molecule has 2 heterocycles. The fourth-order valence-corrected chi connectivity index (χ4v) is 4.28. The maximum atomic E-state index is 13.9. The average Bonchev–Trinajstić information content (AvgIpc) is 2.80. The van der Waals surface area contributed by atoms with Crippen LogP contribution in [-0.2, 0) is 11.3 Å². The molecule has 0 aromatic heterocycles. The van der Waals surface area contributed by atoms with E-state index in [-0.39, 0.29) is 24.2 Å².